The van der Waals surface area contributed by atoms with Crippen molar-refractivity contribution in [2.45, 2.75) is 20.0 Å². The second-order valence-electron chi connectivity index (χ2n) is 5.25. The molecule has 0 fully saturated rings. The van der Waals surface area contributed by atoms with Gasteiger partial charge in [0.15, 0.2) is 5.82 Å². The van der Waals surface area contributed by atoms with Crippen LogP contribution in [0.25, 0.3) is 11.6 Å². The predicted octanol–water partition coefficient (Wildman–Crippen LogP) is 0.696. The molecule has 0 radical (unpaired) electrons. The number of hydrogen-bond donors (Lipinski definition) is 3. The fraction of sp³-hybridized carbons (Fsp3) is 0.429. The highest BCUT2D eigenvalue weighted by molar-refractivity contribution is 7.53. The molecule has 2 amide bonds. The first kappa shape index (κ1) is 22.2. The van der Waals surface area contributed by atoms with Gasteiger partial charge in [0, 0.05) is 0 Å². The van der Waals surface area contributed by atoms with Gasteiger partial charge in [-0.05, 0) is 13.8 Å². The number of hydrogen-bond acceptors (Lipinski definition) is 11. The Balaban J connectivity index is 2.01. The molecule has 0 unspecified atom stereocenters. The highest BCUT2D eigenvalue weighted by Crippen LogP contribution is 2.50. The number of aromatic nitrogens is 6. The highest BCUT2D eigenvalue weighted by atomic mass is 31.2. The number of amides is 2. The first-order chi connectivity index (χ1) is 13.8. The van der Waals surface area contributed by atoms with Crippen LogP contribution < -0.4 is 10.6 Å². The summed E-state index contributed by atoms with van der Waals surface area (Å²) in [5.74, 6) is -0.396. The predicted molar refractivity (Wildman–Crippen MR) is 97.9 cm³/mol. The molecule has 0 aliphatic heterocycles. The Hall–Kier alpha value is -3.09. The van der Waals surface area contributed by atoms with Crippen molar-refractivity contribution < 1.29 is 28.3 Å². The second-order valence-corrected chi connectivity index (χ2v) is 7.30. The van der Waals surface area contributed by atoms with E-state index in [-0.39, 0.29) is 42.5 Å². The lowest BCUT2D eigenvalue weighted by molar-refractivity contribution is -0.115. The molecule has 2 heterocycles. The van der Waals surface area contributed by atoms with E-state index >= 15 is 0 Å². The van der Waals surface area contributed by atoms with Gasteiger partial charge in [-0.1, -0.05) is 0 Å². The molecular formula is C14H19N8O6P. The second kappa shape index (κ2) is 10.5. The lowest BCUT2D eigenvalue weighted by atomic mass is 10.4. The Morgan fingerprint density at radius 2 is 1.62 bits per heavy atom. The molecule has 0 aliphatic rings. The molecular weight excluding hydrogens is 407 g/mol. The van der Waals surface area contributed by atoms with E-state index in [1.54, 1.807) is 13.8 Å². The minimum atomic E-state index is -3.38. The van der Waals surface area contributed by atoms with Crippen molar-refractivity contribution in [3.05, 3.63) is 18.2 Å². The lowest BCUT2D eigenvalue weighted by Gasteiger charge is -2.15. The summed E-state index contributed by atoms with van der Waals surface area (Å²) in [4.78, 5) is 29.9. The number of carbonyl (C=O) groups excluding carboxylic acids is 1. The number of nitrogens with one attached hydrogen (secondary N) is 2. The van der Waals surface area contributed by atoms with E-state index < -0.39 is 26.1 Å². The molecule has 3 N–H and O–H groups in total. The minimum Gasteiger partial charge on any atom is -0.465 e. The molecule has 2 aromatic heterocycles. The Morgan fingerprint density at radius 1 is 1.03 bits per heavy atom. The van der Waals surface area contributed by atoms with Gasteiger partial charge in [0.05, 0.1) is 31.3 Å². The van der Waals surface area contributed by atoms with E-state index in [0.29, 0.717) is 0 Å². The summed E-state index contributed by atoms with van der Waals surface area (Å²) >= 11 is 0. The zero-order chi connectivity index (χ0) is 21.3. The normalized spacial score (nSPS) is 11.1. The summed E-state index contributed by atoms with van der Waals surface area (Å²) in [6, 6.07) is 0. The first-order valence-electron chi connectivity index (χ1n) is 8.38. The maximum Gasteiger partial charge on any atom is 0.405 e. The maximum absolute atomic E-state index is 12.5. The lowest BCUT2D eigenvalue weighted by Crippen LogP contribution is -2.31. The fourth-order valence-corrected chi connectivity index (χ4v) is 3.48. The zero-order valence-corrected chi connectivity index (χ0v) is 16.5. The van der Waals surface area contributed by atoms with Gasteiger partial charge < -0.3 is 24.8 Å². The molecule has 0 bridgehead atoms. The van der Waals surface area contributed by atoms with Crippen molar-refractivity contribution >= 4 is 25.3 Å². The third kappa shape index (κ3) is 7.10. The molecule has 0 aliphatic carbocycles. The maximum atomic E-state index is 12.5. The van der Waals surface area contributed by atoms with Crippen molar-refractivity contribution in [3.63, 3.8) is 0 Å². The van der Waals surface area contributed by atoms with Crippen molar-refractivity contribution in [2.75, 3.05) is 25.1 Å². The molecule has 29 heavy (non-hydrogen) atoms. The smallest absolute Gasteiger partial charge is 0.405 e. The number of rotatable bonds is 10. The molecule has 156 valence electrons. The van der Waals surface area contributed by atoms with Crippen LogP contribution in [0.15, 0.2) is 12.4 Å². The van der Waals surface area contributed by atoms with Gasteiger partial charge in [-0.25, -0.2) is 14.8 Å². The number of carboxylic acid groups (broad SMARTS) is 1. The van der Waals surface area contributed by atoms with E-state index in [0.717, 1.165) is 0 Å². The van der Waals surface area contributed by atoms with Crippen LogP contribution >= 0.6 is 7.60 Å². The Kier molecular flexibility index (Phi) is 8.00. The quantitative estimate of drug-likeness (QED) is 0.451. The number of anilines is 1. The molecule has 14 nitrogen and oxygen atoms in total. The van der Waals surface area contributed by atoms with Crippen molar-refractivity contribution in [2.24, 2.45) is 0 Å². The molecule has 15 heteroatoms. The number of nitrogens with zero attached hydrogens (tertiary/aromatic N) is 6. The van der Waals surface area contributed by atoms with Crippen molar-refractivity contribution in [3.8, 4) is 11.6 Å². The van der Waals surface area contributed by atoms with Gasteiger partial charge in [0.2, 0.25) is 17.6 Å². The summed E-state index contributed by atoms with van der Waals surface area (Å²) in [5, 5.41) is 28.2. The highest BCUT2D eigenvalue weighted by Gasteiger charge is 2.26. The molecule has 0 aromatic carbocycles. The minimum absolute atomic E-state index is 0.0156. The van der Waals surface area contributed by atoms with Gasteiger partial charge >= 0.3 is 13.7 Å². The van der Waals surface area contributed by atoms with Crippen LogP contribution in [0.5, 0.6) is 0 Å². The van der Waals surface area contributed by atoms with E-state index in [2.05, 4.69) is 35.7 Å². The van der Waals surface area contributed by atoms with Gasteiger partial charge in [-0.15, -0.1) is 20.4 Å². The number of carbonyl (C=O) groups is 2. The summed E-state index contributed by atoms with van der Waals surface area (Å²) < 4.78 is 22.8. The van der Waals surface area contributed by atoms with Crippen molar-refractivity contribution in [1.29, 1.82) is 0 Å². The van der Waals surface area contributed by atoms with Crippen molar-refractivity contribution in [1.82, 2.24) is 35.7 Å². The largest absolute Gasteiger partial charge is 0.465 e. The molecule has 0 saturated heterocycles. The van der Waals surface area contributed by atoms with Crippen LogP contribution in [0.1, 0.15) is 19.7 Å². The molecule has 0 saturated carbocycles. The topological polar surface area (TPSA) is 191 Å². The van der Waals surface area contributed by atoms with Crippen LogP contribution in [0.4, 0.5) is 10.5 Å². The van der Waals surface area contributed by atoms with E-state index in [1.165, 1.54) is 12.4 Å². The summed E-state index contributed by atoms with van der Waals surface area (Å²) in [6.07, 6.45) is 1.09. The Morgan fingerprint density at radius 3 is 2.14 bits per heavy atom. The zero-order valence-electron chi connectivity index (χ0n) is 15.6. The van der Waals surface area contributed by atoms with Crippen LogP contribution in [0.3, 0.4) is 0 Å². The third-order valence-corrected chi connectivity index (χ3v) is 5.02. The van der Waals surface area contributed by atoms with Gasteiger partial charge in [0.25, 0.3) is 0 Å². The third-order valence-electron chi connectivity index (χ3n) is 3.04. The SMILES string of the molecule is CCOP(=O)(Cc1nnc(-c2ncc(NC(=O)CNC(=O)O)cn2)nn1)OCC. The monoisotopic (exact) mass is 426 g/mol. The average molecular weight is 426 g/mol. The standard InChI is InChI=1S/C14H19N8O6P/c1-3-27-29(26,28-4-2)8-10-19-21-13(22-20-10)12-15-5-9(6-16-12)18-11(23)7-17-14(24)25/h5-6,17H,3-4,7-8H2,1-2H3,(H,18,23)(H,24,25). The van der Waals surface area contributed by atoms with Crippen LogP contribution in [-0.4, -0.2) is 67.2 Å². The molecule has 0 atom stereocenters. The van der Waals surface area contributed by atoms with E-state index in [9.17, 15) is 14.2 Å². The van der Waals surface area contributed by atoms with Crippen LogP contribution in [0.2, 0.25) is 0 Å². The molecule has 2 aromatic rings. The van der Waals surface area contributed by atoms with Crippen LogP contribution in [0, 0.1) is 0 Å². The molecule has 2 rings (SSSR count). The van der Waals surface area contributed by atoms with Crippen LogP contribution in [-0.2, 0) is 24.6 Å². The summed E-state index contributed by atoms with van der Waals surface area (Å²) in [6.45, 7) is 3.39. The first-order valence-corrected chi connectivity index (χ1v) is 10.1. The van der Waals surface area contributed by atoms with Gasteiger partial charge in [0.1, 0.15) is 12.7 Å². The summed E-state index contributed by atoms with van der Waals surface area (Å²) in [7, 11) is -3.38. The Bertz CT molecular complexity index is 869. The van der Waals surface area contributed by atoms with Gasteiger partial charge in [-0.3, -0.25) is 9.36 Å². The van der Waals surface area contributed by atoms with E-state index in [1.807, 2.05) is 5.32 Å². The average Bonchev–Trinajstić information content (AvgIpc) is 2.68. The van der Waals surface area contributed by atoms with Gasteiger partial charge in [-0.2, -0.15) is 0 Å². The fourth-order valence-electron chi connectivity index (χ4n) is 1.97. The molecule has 0 spiro atoms. The Labute approximate surface area is 165 Å². The summed E-state index contributed by atoms with van der Waals surface area (Å²) in [5.41, 5.74) is 0.248. The van der Waals surface area contributed by atoms with E-state index in [4.69, 9.17) is 14.2 Å².